The zero-order valence-corrected chi connectivity index (χ0v) is 13.8. The van der Waals surface area contributed by atoms with Crippen LogP contribution in [0, 0.1) is 6.92 Å². The van der Waals surface area contributed by atoms with Crippen LogP contribution < -0.4 is 15.4 Å². The van der Waals surface area contributed by atoms with E-state index in [-0.39, 0.29) is 0 Å². The summed E-state index contributed by atoms with van der Waals surface area (Å²) in [4.78, 5) is 4.16. The minimum Gasteiger partial charge on any atom is -0.491 e. The molecule has 0 saturated heterocycles. The average Bonchev–Trinajstić information content (AvgIpc) is 2.53. The Morgan fingerprint density at radius 3 is 2.82 bits per heavy atom. The van der Waals surface area contributed by atoms with Crippen molar-refractivity contribution >= 4 is 5.96 Å². The van der Waals surface area contributed by atoms with Crippen molar-refractivity contribution in [1.29, 1.82) is 0 Å². The molecule has 0 bridgehead atoms. The lowest BCUT2D eigenvalue weighted by Crippen LogP contribution is -2.36. The predicted octanol–water partition coefficient (Wildman–Crippen LogP) is 2.26. The standard InChI is InChI=1S/C17H27N3O2/c1-5-9-19-17(18-4)20-13-15-8-7-14(3)12-16(15)22-11-10-21-6-2/h5,7-8,12H,1,6,9-11,13H2,2-4H3,(H2,18,19,20). The Kier molecular flexibility index (Phi) is 8.76. The first kappa shape index (κ1) is 18.0. The van der Waals surface area contributed by atoms with E-state index in [4.69, 9.17) is 9.47 Å². The van der Waals surface area contributed by atoms with Crippen LogP contribution in [0.25, 0.3) is 0 Å². The second kappa shape index (κ2) is 10.7. The molecule has 0 spiro atoms. The largest absolute Gasteiger partial charge is 0.491 e. The summed E-state index contributed by atoms with van der Waals surface area (Å²) in [5.74, 6) is 1.62. The fourth-order valence-corrected chi connectivity index (χ4v) is 1.87. The molecular formula is C17H27N3O2. The second-order valence-corrected chi connectivity index (χ2v) is 4.75. The van der Waals surface area contributed by atoms with Crippen LogP contribution in [0.2, 0.25) is 0 Å². The minimum absolute atomic E-state index is 0.549. The van der Waals surface area contributed by atoms with Crippen molar-refractivity contribution in [3.63, 3.8) is 0 Å². The molecule has 0 aromatic heterocycles. The van der Waals surface area contributed by atoms with Crippen molar-refractivity contribution in [3.8, 4) is 5.75 Å². The van der Waals surface area contributed by atoms with E-state index in [1.165, 1.54) is 5.56 Å². The monoisotopic (exact) mass is 305 g/mol. The van der Waals surface area contributed by atoms with E-state index >= 15 is 0 Å². The number of nitrogens with zero attached hydrogens (tertiary/aromatic N) is 1. The molecule has 0 heterocycles. The van der Waals surface area contributed by atoms with Crippen LogP contribution in [0.5, 0.6) is 5.75 Å². The molecule has 5 heteroatoms. The maximum Gasteiger partial charge on any atom is 0.191 e. The second-order valence-electron chi connectivity index (χ2n) is 4.75. The van der Waals surface area contributed by atoms with Gasteiger partial charge in [-0.1, -0.05) is 18.2 Å². The third-order valence-corrected chi connectivity index (χ3v) is 3.00. The topological polar surface area (TPSA) is 54.9 Å². The van der Waals surface area contributed by atoms with Gasteiger partial charge < -0.3 is 20.1 Å². The summed E-state index contributed by atoms with van der Waals surface area (Å²) in [6.07, 6.45) is 1.79. The van der Waals surface area contributed by atoms with Gasteiger partial charge in [-0.3, -0.25) is 4.99 Å². The summed E-state index contributed by atoms with van der Waals surface area (Å²) in [6, 6.07) is 6.19. The number of aliphatic imine (C=N–C) groups is 1. The van der Waals surface area contributed by atoms with Gasteiger partial charge in [-0.25, -0.2) is 0 Å². The molecule has 1 rings (SSSR count). The van der Waals surface area contributed by atoms with Gasteiger partial charge in [-0.2, -0.15) is 0 Å². The summed E-state index contributed by atoms with van der Waals surface area (Å²) < 4.78 is 11.1. The molecular weight excluding hydrogens is 278 g/mol. The molecule has 0 atom stereocenters. The Morgan fingerprint density at radius 2 is 2.14 bits per heavy atom. The maximum atomic E-state index is 5.83. The highest BCUT2D eigenvalue weighted by atomic mass is 16.5. The molecule has 5 nitrogen and oxygen atoms in total. The van der Waals surface area contributed by atoms with Crippen molar-refractivity contribution < 1.29 is 9.47 Å². The zero-order chi connectivity index (χ0) is 16.2. The summed E-state index contributed by atoms with van der Waals surface area (Å²) in [5, 5.41) is 6.40. The summed E-state index contributed by atoms with van der Waals surface area (Å²) in [5.41, 5.74) is 2.26. The van der Waals surface area contributed by atoms with Crippen LogP contribution in [0.15, 0.2) is 35.8 Å². The molecule has 0 saturated carbocycles. The van der Waals surface area contributed by atoms with E-state index in [1.54, 1.807) is 13.1 Å². The van der Waals surface area contributed by atoms with E-state index in [0.717, 1.165) is 17.3 Å². The van der Waals surface area contributed by atoms with Gasteiger partial charge in [-0.15, -0.1) is 6.58 Å². The summed E-state index contributed by atoms with van der Waals surface area (Å²) >= 11 is 0. The van der Waals surface area contributed by atoms with E-state index in [2.05, 4.69) is 41.3 Å². The normalized spacial score (nSPS) is 11.1. The first-order valence-corrected chi connectivity index (χ1v) is 7.56. The summed E-state index contributed by atoms with van der Waals surface area (Å²) in [6.45, 7) is 10.9. The van der Waals surface area contributed by atoms with Gasteiger partial charge in [0, 0.05) is 32.3 Å². The zero-order valence-electron chi connectivity index (χ0n) is 13.8. The molecule has 0 aliphatic heterocycles. The van der Waals surface area contributed by atoms with Gasteiger partial charge in [-0.05, 0) is 25.5 Å². The molecule has 0 amide bonds. The van der Waals surface area contributed by atoms with E-state index < -0.39 is 0 Å². The first-order valence-electron chi connectivity index (χ1n) is 7.56. The van der Waals surface area contributed by atoms with Crippen molar-refractivity contribution in [3.05, 3.63) is 42.0 Å². The Bertz CT molecular complexity index is 487. The van der Waals surface area contributed by atoms with Crippen LogP contribution in [-0.2, 0) is 11.3 Å². The van der Waals surface area contributed by atoms with E-state index in [0.29, 0.717) is 32.9 Å². The Balaban J connectivity index is 2.62. The number of hydrogen-bond donors (Lipinski definition) is 2. The third-order valence-electron chi connectivity index (χ3n) is 3.00. The van der Waals surface area contributed by atoms with Crippen LogP contribution in [0.3, 0.4) is 0 Å². The highest BCUT2D eigenvalue weighted by Crippen LogP contribution is 2.20. The smallest absolute Gasteiger partial charge is 0.191 e. The predicted molar refractivity (Wildman–Crippen MR) is 91.6 cm³/mol. The maximum absolute atomic E-state index is 5.83. The SMILES string of the molecule is C=CCNC(=NC)NCc1ccc(C)cc1OCCOCC. The number of rotatable bonds is 9. The number of ether oxygens (including phenoxy) is 2. The third kappa shape index (κ3) is 6.63. The Labute approximate surface area is 133 Å². The highest BCUT2D eigenvalue weighted by molar-refractivity contribution is 5.79. The van der Waals surface area contributed by atoms with Crippen LogP contribution in [0.1, 0.15) is 18.1 Å². The molecule has 0 radical (unpaired) electrons. The number of benzene rings is 1. The Hall–Kier alpha value is -2.01. The molecule has 1 aromatic rings. The van der Waals surface area contributed by atoms with Crippen molar-refractivity contribution in [2.24, 2.45) is 4.99 Å². The minimum atomic E-state index is 0.549. The molecule has 122 valence electrons. The fraction of sp³-hybridized carbons (Fsp3) is 0.471. The van der Waals surface area contributed by atoms with Gasteiger partial charge >= 0.3 is 0 Å². The number of aryl methyl sites for hydroxylation is 1. The average molecular weight is 305 g/mol. The molecule has 22 heavy (non-hydrogen) atoms. The highest BCUT2D eigenvalue weighted by Gasteiger charge is 2.05. The van der Waals surface area contributed by atoms with Crippen LogP contribution >= 0.6 is 0 Å². The number of hydrogen-bond acceptors (Lipinski definition) is 3. The van der Waals surface area contributed by atoms with Crippen LogP contribution in [0.4, 0.5) is 0 Å². The van der Waals surface area contributed by atoms with Gasteiger partial charge in [0.2, 0.25) is 0 Å². The van der Waals surface area contributed by atoms with Gasteiger partial charge in [0.15, 0.2) is 5.96 Å². The molecule has 1 aromatic carbocycles. The quantitative estimate of drug-likeness (QED) is 0.318. The van der Waals surface area contributed by atoms with Crippen molar-refractivity contribution in [2.75, 3.05) is 33.4 Å². The lowest BCUT2D eigenvalue weighted by atomic mass is 10.1. The van der Waals surface area contributed by atoms with Crippen LogP contribution in [-0.4, -0.2) is 39.4 Å². The lowest BCUT2D eigenvalue weighted by Gasteiger charge is -2.15. The van der Waals surface area contributed by atoms with E-state index in [9.17, 15) is 0 Å². The number of nitrogens with one attached hydrogen (secondary N) is 2. The van der Waals surface area contributed by atoms with Gasteiger partial charge in [0.25, 0.3) is 0 Å². The van der Waals surface area contributed by atoms with Crippen molar-refractivity contribution in [2.45, 2.75) is 20.4 Å². The number of guanidine groups is 1. The Morgan fingerprint density at radius 1 is 1.32 bits per heavy atom. The molecule has 0 aliphatic rings. The molecule has 0 aliphatic carbocycles. The first-order chi connectivity index (χ1) is 10.7. The summed E-state index contributed by atoms with van der Waals surface area (Å²) in [7, 11) is 1.74. The molecule has 2 N–H and O–H groups in total. The molecule has 0 unspecified atom stereocenters. The van der Waals surface area contributed by atoms with Gasteiger partial charge in [0.05, 0.1) is 6.61 Å². The lowest BCUT2D eigenvalue weighted by molar-refractivity contribution is 0.110. The fourth-order valence-electron chi connectivity index (χ4n) is 1.87. The molecule has 0 fully saturated rings. The van der Waals surface area contributed by atoms with E-state index in [1.807, 2.05) is 13.0 Å². The van der Waals surface area contributed by atoms with Gasteiger partial charge in [0.1, 0.15) is 12.4 Å². The van der Waals surface area contributed by atoms with Crippen molar-refractivity contribution in [1.82, 2.24) is 10.6 Å².